The second-order valence-corrected chi connectivity index (χ2v) is 7.59. The zero-order valence-corrected chi connectivity index (χ0v) is 14.8. The third kappa shape index (κ3) is 4.00. The van der Waals surface area contributed by atoms with Gasteiger partial charge in [-0.05, 0) is 37.9 Å². The molecule has 0 radical (unpaired) electrons. The zero-order chi connectivity index (χ0) is 18.0. The Kier molecular flexibility index (Phi) is 5.08. The van der Waals surface area contributed by atoms with E-state index in [2.05, 4.69) is 9.98 Å². The van der Waals surface area contributed by atoms with Crippen molar-refractivity contribution in [1.29, 1.82) is 0 Å². The van der Waals surface area contributed by atoms with E-state index in [9.17, 15) is 19.8 Å². The van der Waals surface area contributed by atoms with Crippen molar-refractivity contribution in [3.05, 3.63) is 20.7 Å². The lowest BCUT2D eigenvalue weighted by molar-refractivity contribution is -0.140. The van der Waals surface area contributed by atoms with Gasteiger partial charge in [-0.2, -0.15) is 0 Å². The summed E-state index contributed by atoms with van der Waals surface area (Å²) in [6.45, 7) is 0.344. The maximum atomic E-state index is 12.1. The number of aromatic amines is 1. The summed E-state index contributed by atoms with van der Waals surface area (Å²) in [7, 11) is 0. The molecule has 3 N–H and O–H groups in total. The van der Waals surface area contributed by atoms with Gasteiger partial charge in [0.05, 0.1) is 6.42 Å². The van der Waals surface area contributed by atoms with E-state index in [-0.39, 0.29) is 34.1 Å². The Hall–Kier alpha value is -1.96. The maximum Gasteiger partial charge on any atom is 0.303 e. The molecule has 1 aromatic heterocycles. The van der Waals surface area contributed by atoms with E-state index in [1.165, 1.54) is 6.21 Å². The summed E-state index contributed by atoms with van der Waals surface area (Å²) in [5.41, 5.74) is -0.742. The van der Waals surface area contributed by atoms with E-state index in [1.807, 2.05) is 0 Å². The number of nitrogens with zero attached hydrogens (tertiary/aromatic N) is 2. The van der Waals surface area contributed by atoms with E-state index in [0.29, 0.717) is 6.54 Å². The first kappa shape index (κ1) is 17.8. The second kappa shape index (κ2) is 7.11. The highest BCUT2D eigenvalue weighted by Crippen LogP contribution is 2.40. The third-order valence-corrected chi connectivity index (χ3v) is 5.45. The van der Waals surface area contributed by atoms with Gasteiger partial charge >= 0.3 is 5.97 Å². The van der Waals surface area contributed by atoms with Crippen LogP contribution in [0.15, 0.2) is 9.79 Å². The molecule has 0 amide bonds. The van der Waals surface area contributed by atoms with Gasteiger partial charge < -0.3 is 10.2 Å². The van der Waals surface area contributed by atoms with Crippen LogP contribution in [0, 0.1) is 10.2 Å². The van der Waals surface area contributed by atoms with Crippen molar-refractivity contribution in [3.8, 4) is 5.88 Å². The van der Waals surface area contributed by atoms with Crippen molar-refractivity contribution >= 4 is 24.4 Å². The average molecular weight is 365 g/mol. The summed E-state index contributed by atoms with van der Waals surface area (Å²) in [6, 6.07) is 0.133. The van der Waals surface area contributed by atoms with Crippen molar-refractivity contribution in [2.75, 3.05) is 6.54 Å². The van der Waals surface area contributed by atoms with Crippen LogP contribution in [0.5, 0.6) is 5.88 Å². The number of nitrogens with one attached hydrogen (secondary N) is 1. The van der Waals surface area contributed by atoms with E-state index < -0.39 is 11.5 Å². The van der Waals surface area contributed by atoms with E-state index in [4.69, 9.17) is 12.2 Å². The zero-order valence-electron chi connectivity index (χ0n) is 14.0. The van der Waals surface area contributed by atoms with Crippen molar-refractivity contribution in [3.63, 3.8) is 0 Å². The van der Waals surface area contributed by atoms with Crippen molar-refractivity contribution < 1.29 is 15.0 Å². The number of hydrogen-bond donors (Lipinski definition) is 3. The fourth-order valence-corrected chi connectivity index (χ4v) is 4.01. The first-order valence-corrected chi connectivity index (χ1v) is 9.12. The second-order valence-electron chi connectivity index (χ2n) is 7.20. The third-order valence-electron chi connectivity index (χ3n) is 5.15. The molecule has 1 aromatic rings. The number of rotatable bonds is 6. The minimum absolute atomic E-state index is 0.0832. The SMILES string of the molecule is O=C(O)CC1(CN=Cc2c(O)n(C3CC3)c(=S)[nH]c2=O)CCCCC1. The predicted octanol–water partition coefficient (Wildman–Crippen LogP) is 2.79. The molecule has 2 aliphatic carbocycles. The monoisotopic (exact) mass is 365 g/mol. The molecule has 25 heavy (non-hydrogen) atoms. The van der Waals surface area contributed by atoms with Crippen LogP contribution < -0.4 is 5.56 Å². The fraction of sp³-hybridized carbons (Fsp3) is 0.647. The van der Waals surface area contributed by atoms with Crippen LogP contribution in [-0.2, 0) is 4.79 Å². The van der Waals surface area contributed by atoms with Crippen LogP contribution in [0.2, 0.25) is 0 Å². The molecule has 7 nitrogen and oxygen atoms in total. The molecule has 0 aromatic carbocycles. The van der Waals surface area contributed by atoms with Crippen LogP contribution in [-0.4, -0.2) is 38.5 Å². The number of aromatic nitrogens is 2. The van der Waals surface area contributed by atoms with Crippen LogP contribution >= 0.6 is 12.2 Å². The topological polar surface area (TPSA) is 108 Å². The summed E-state index contributed by atoms with van der Waals surface area (Å²) in [5.74, 6) is -0.976. The number of aliphatic carboxylic acids is 1. The molecule has 0 atom stereocenters. The standard InChI is InChI=1S/C17H23N3O4S/c21-13(22)8-17(6-2-1-3-7-17)10-18-9-12-14(23)19-16(25)20(15(12)24)11-4-5-11/h9,11,24H,1-8,10H2,(H,21,22)(H,19,23,25). The Morgan fingerprint density at radius 1 is 1.36 bits per heavy atom. The molecule has 2 fully saturated rings. The summed E-state index contributed by atoms with van der Waals surface area (Å²) >= 11 is 5.12. The fourth-order valence-electron chi connectivity index (χ4n) is 3.68. The van der Waals surface area contributed by atoms with Gasteiger partial charge in [-0.25, -0.2) is 0 Å². The van der Waals surface area contributed by atoms with Crippen LogP contribution in [0.1, 0.15) is 63.0 Å². The molecule has 1 heterocycles. The maximum absolute atomic E-state index is 12.1. The normalized spacial score (nSPS) is 20.0. The van der Waals surface area contributed by atoms with Gasteiger partial charge in [-0.3, -0.25) is 24.1 Å². The molecule has 2 aliphatic rings. The molecular formula is C17H23N3O4S. The Morgan fingerprint density at radius 3 is 2.64 bits per heavy atom. The number of carboxylic acids is 1. The number of hydrogen-bond acceptors (Lipinski definition) is 5. The van der Waals surface area contributed by atoms with Gasteiger partial charge in [0.1, 0.15) is 5.56 Å². The summed E-state index contributed by atoms with van der Waals surface area (Å²) < 4.78 is 1.78. The number of carboxylic acid groups (broad SMARTS) is 1. The number of H-pyrrole nitrogens is 1. The first-order valence-electron chi connectivity index (χ1n) is 8.71. The van der Waals surface area contributed by atoms with Crippen molar-refractivity contribution in [1.82, 2.24) is 9.55 Å². The van der Waals surface area contributed by atoms with Gasteiger partial charge in [-0.1, -0.05) is 19.3 Å². The summed E-state index contributed by atoms with van der Waals surface area (Å²) in [6.07, 6.45) is 8.06. The Morgan fingerprint density at radius 2 is 2.04 bits per heavy atom. The Balaban J connectivity index is 1.84. The van der Waals surface area contributed by atoms with E-state index in [0.717, 1.165) is 44.9 Å². The first-order chi connectivity index (χ1) is 11.9. The highest BCUT2D eigenvalue weighted by atomic mass is 32.1. The molecule has 0 spiro atoms. The highest BCUT2D eigenvalue weighted by molar-refractivity contribution is 7.71. The molecule has 8 heteroatoms. The predicted molar refractivity (Wildman–Crippen MR) is 96.1 cm³/mol. The number of aliphatic imine (C=N–C) groups is 1. The smallest absolute Gasteiger partial charge is 0.303 e. The summed E-state index contributed by atoms with van der Waals surface area (Å²) in [4.78, 5) is 30.3. The summed E-state index contributed by atoms with van der Waals surface area (Å²) in [5, 5.41) is 19.6. The molecule has 0 bridgehead atoms. The largest absolute Gasteiger partial charge is 0.494 e. The van der Waals surface area contributed by atoms with Gasteiger partial charge in [0, 0.05) is 24.2 Å². The van der Waals surface area contributed by atoms with Crippen LogP contribution in [0.4, 0.5) is 0 Å². The quantitative estimate of drug-likeness (QED) is 0.531. The van der Waals surface area contributed by atoms with Gasteiger partial charge in [0.2, 0.25) is 5.88 Å². The lowest BCUT2D eigenvalue weighted by Crippen LogP contribution is -2.30. The minimum atomic E-state index is -0.820. The van der Waals surface area contributed by atoms with Crippen molar-refractivity contribution in [2.24, 2.45) is 10.4 Å². The van der Waals surface area contributed by atoms with Gasteiger partial charge in [0.25, 0.3) is 5.56 Å². The van der Waals surface area contributed by atoms with Crippen LogP contribution in [0.3, 0.4) is 0 Å². The number of aromatic hydroxyl groups is 1. The minimum Gasteiger partial charge on any atom is -0.494 e. The molecule has 3 rings (SSSR count). The van der Waals surface area contributed by atoms with Crippen molar-refractivity contribution in [2.45, 2.75) is 57.4 Å². The Labute approximate surface area is 150 Å². The molecule has 0 unspecified atom stereocenters. The van der Waals surface area contributed by atoms with Gasteiger partial charge in [0.15, 0.2) is 4.77 Å². The lowest BCUT2D eigenvalue weighted by Gasteiger charge is -2.34. The van der Waals surface area contributed by atoms with Gasteiger partial charge in [-0.15, -0.1) is 0 Å². The van der Waals surface area contributed by atoms with E-state index in [1.54, 1.807) is 4.57 Å². The lowest BCUT2D eigenvalue weighted by atomic mass is 9.72. The Bertz CT molecular complexity index is 801. The van der Waals surface area contributed by atoms with Crippen LogP contribution in [0.25, 0.3) is 0 Å². The average Bonchev–Trinajstić information content (AvgIpc) is 3.35. The molecule has 136 valence electrons. The molecule has 0 aliphatic heterocycles. The molecular weight excluding hydrogens is 342 g/mol. The molecule has 0 saturated heterocycles. The molecule has 2 saturated carbocycles. The highest BCUT2D eigenvalue weighted by Gasteiger charge is 2.34. The number of carbonyl (C=O) groups is 1. The van der Waals surface area contributed by atoms with E-state index >= 15 is 0 Å².